The Morgan fingerprint density at radius 3 is 2.87 bits per heavy atom. The second-order valence-corrected chi connectivity index (χ2v) is 7.78. The highest BCUT2D eigenvalue weighted by molar-refractivity contribution is 5.94. The molecular formula is C22H17F3N6. The molecule has 5 rings (SSSR count). The van der Waals surface area contributed by atoms with Gasteiger partial charge >= 0.3 is 0 Å². The van der Waals surface area contributed by atoms with E-state index in [0.29, 0.717) is 16.9 Å². The van der Waals surface area contributed by atoms with E-state index in [1.807, 2.05) is 0 Å². The molecule has 1 aliphatic carbocycles. The third-order valence-corrected chi connectivity index (χ3v) is 5.33. The fraction of sp³-hybridized carbons (Fsp3) is 0.273. The van der Waals surface area contributed by atoms with E-state index in [1.54, 1.807) is 18.2 Å². The Bertz CT molecular complexity index is 1350. The van der Waals surface area contributed by atoms with Gasteiger partial charge in [-0.3, -0.25) is 4.40 Å². The summed E-state index contributed by atoms with van der Waals surface area (Å²) >= 11 is 0. The highest BCUT2D eigenvalue weighted by Gasteiger charge is 2.35. The zero-order chi connectivity index (χ0) is 21.6. The molecule has 0 spiro atoms. The molecule has 0 N–H and O–H groups in total. The van der Waals surface area contributed by atoms with Crippen molar-refractivity contribution in [1.82, 2.24) is 24.6 Å². The predicted molar refractivity (Wildman–Crippen MR) is 110 cm³/mol. The molecule has 31 heavy (non-hydrogen) atoms. The number of pyridine rings is 1. The van der Waals surface area contributed by atoms with Crippen molar-refractivity contribution < 1.29 is 13.2 Å². The number of aromatic nitrogens is 5. The van der Waals surface area contributed by atoms with Gasteiger partial charge in [-0.25, -0.2) is 18.2 Å². The number of halogens is 3. The fourth-order valence-corrected chi connectivity index (χ4v) is 3.39. The molecule has 0 amide bonds. The third-order valence-electron chi connectivity index (χ3n) is 5.33. The van der Waals surface area contributed by atoms with Gasteiger partial charge in [-0.2, -0.15) is 4.98 Å². The van der Waals surface area contributed by atoms with E-state index in [-0.39, 0.29) is 22.4 Å². The number of fused-ring (bicyclic) bond motifs is 3. The van der Waals surface area contributed by atoms with Crippen LogP contribution in [-0.4, -0.2) is 37.5 Å². The zero-order valence-corrected chi connectivity index (χ0v) is 16.6. The SMILES string of the molecule is CC1(C#Cc2cc(N(CC(F)F)c3nc4nncn4c4cccc(F)c34)ccn2)CC1. The number of benzene rings is 1. The van der Waals surface area contributed by atoms with Gasteiger partial charge in [0.1, 0.15) is 23.7 Å². The van der Waals surface area contributed by atoms with Gasteiger partial charge in [-0.15, -0.1) is 10.2 Å². The van der Waals surface area contributed by atoms with E-state index >= 15 is 0 Å². The maximum atomic E-state index is 14.9. The van der Waals surface area contributed by atoms with Crippen LogP contribution in [0.5, 0.6) is 0 Å². The summed E-state index contributed by atoms with van der Waals surface area (Å²) < 4.78 is 43.6. The van der Waals surface area contributed by atoms with Crippen molar-refractivity contribution in [2.24, 2.45) is 5.41 Å². The third kappa shape index (κ3) is 3.65. The summed E-state index contributed by atoms with van der Waals surface area (Å²) in [4.78, 5) is 9.88. The molecule has 1 fully saturated rings. The van der Waals surface area contributed by atoms with Crippen molar-refractivity contribution in [2.75, 3.05) is 11.4 Å². The highest BCUT2D eigenvalue weighted by atomic mass is 19.3. The zero-order valence-electron chi connectivity index (χ0n) is 16.6. The van der Waals surface area contributed by atoms with Crippen LogP contribution < -0.4 is 4.90 Å². The molecule has 4 aromatic rings. The average molecular weight is 422 g/mol. The number of hydrogen-bond acceptors (Lipinski definition) is 5. The van der Waals surface area contributed by atoms with Crippen molar-refractivity contribution in [1.29, 1.82) is 0 Å². The smallest absolute Gasteiger partial charge is 0.257 e. The monoisotopic (exact) mass is 422 g/mol. The van der Waals surface area contributed by atoms with Crippen molar-refractivity contribution in [2.45, 2.75) is 26.2 Å². The normalized spacial score (nSPS) is 14.6. The number of anilines is 2. The maximum Gasteiger partial charge on any atom is 0.257 e. The predicted octanol–water partition coefficient (Wildman–Crippen LogP) is 4.37. The second kappa shape index (κ2) is 7.23. The molecule has 6 nitrogen and oxygen atoms in total. The Balaban J connectivity index is 1.69. The van der Waals surface area contributed by atoms with Crippen LogP contribution >= 0.6 is 0 Å². The van der Waals surface area contributed by atoms with Crippen LogP contribution in [0.1, 0.15) is 25.5 Å². The van der Waals surface area contributed by atoms with E-state index < -0.39 is 18.8 Å². The lowest BCUT2D eigenvalue weighted by Gasteiger charge is -2.25. The van der Waals surface area contributed by atoms with E-state index in [9.17, 15) is 13.2 Å². The summed E-state index contributed by atoms with van der Waals surface area (Å²) in [6, 6.07) is 7.67. The Hall–Kier alpha value is -3.67. The Morgan fingerprint density at radius 1 is 1.26 bits per heavy atom. The summed E-state index contributed by atoms with van der Waals surface area (Å²) in [5, 5.41) is 7.84. The Morgan fingerprint density at radius 2 is 2.10 bits per heavy atom. The molecule has 3 heterocycles. The molecule has 3 aromatic heterocycles. The molecule has 1 saturated carbocycles. The van der Waals surface area contributed by atoms with Crippen molar-refractivity contribution in [3.05, 3.63) is 54.4 Å². The first-order valence-electron chi connectivity index (χ1n) is 9.76. The highest BCUT2D eigenvalue weighted by Crippen LogP contribution is 2.44. The molecule has 0 unspecified atom stereocenters. The second-order valence-electron chi connectivity index (χ2n) is 7.78. The van der Waals surface area contributed by atoms with Gasteiger partial charge in [-0.05, 0) is 50.0 Å². The van der Waals surface area contributed by atoms with Crippen molar-refractivity contribution >= 4 is 28.2 Å². The summed E-state index contributed by atoms with van der Waals surface area (Å²) in [5.74, 6) is 5.84. The molecule has 0 aliphatic heterocycles. The largest absolute Gasteiger partial charge is 0.320 e. The Kier molecular flexibility index (Phi) is 4.50. The van der Waals surface area contributed by atoms with E-state index in [0.717, 1.165) is 12.8 Å². The quantitative estimate of drug-likeness (QED) is 0.457. The molecule has 0 radical (unpaired) electrons. The van der Waals surface area contributed by atoms with Crippen LogP contribution in [0.25, 0.3) is 16.7 Å². The van der Waals surface area contributed by atoms with Gasteiger partial charge in [-0.1, -0.05) is 12.0 Å². The minimum atomic E-state index is -2.69. The van der Waals surface area contributed by atoms with Crippen molar-refractivity contribution in [3.8, 4) is 11.8 Å². The molecule has 0 atom stereocenters. The van der Waals surface area contributed by atoms with Crippen LogP contribution in [-0.2, 0) is 0 Å². The van der Waals surface area contributed by atoms with E-state index in [4.69, 9.17) is 0 Å². The molecule has 1 aromatic carbocycles. The lowest BCUT2D eigenvalue weighted by atomic mass is 10.1. The number of nitrogens with zero attached hydrogens (tertiary/aromatic N) is 6. The van der Waals surface area contributed by atoms with Gasteiger partial charge < -0.3 is 4.90 Å². The summed E-state index contributed by atoms with van der Waals surface area (Å²) in [6.45, 7) is 1.38. The van der Waals surface area contributed by atoms with Crippen LogP contribution in [0.15, 0.2) is 42.9 Å². The van der Waals surface area contributed by atoms with Gasteiger partial charge in [0.05, 0.1) is 17.4 Å². The lowest BCUT2D eigenvalue weighted by molar-refractivity contribution is 0.158. The van der Waals surface area contributed by atoms with Gasteiger partial charge in [0.15, 0.2) is 0 Å². The van der Waals surface area contributed by atoms with Crippen LogP contribution in [0, 0.1) is 23.1 Å². The summed E-state index contributed by atoms with van der Waals surface area (Å²) in [5.41, 5.74) is 1.28. The molecule has 156 valence electrons. The van der Waals surface area contributed by atoms with Gasteiger partial charge in [0.25, 0.3) is 12.2 Å². The average Bonchev–Trinajstić information content (AvgIpc) is 3.30. The first kappa shape index (κ1) is 19.3. The molecule has 0 bridgehead atoms. The molecular weight excluding hydrogens is 405 g/mol. The molecule has 1 aliphatic rings. The lowest BCUT2D eigenvalue weighted by Crippen LogP contribution is -2.25. The summed E-state index contributed by atoms with van der Waals surface area (Å²) in [6.07, 6.45) is 2.28. The van der Waals surface area contributed by atoms with Crippen LogP contribution in [0.4, 0.5) is 24.7 Å². The standard InChI is InChI=1S/C22H17F3N6/c1-22(8-9-22)7-5-14-11-15(6-10-26-14)30(12-18(24)25)20-19-16(23)3-2-4-17(19)31-13-27-29-21(31)28-20/h2-4,6,10-11,13,18H,8-9,12H2,1H3. The van der Waals surface area contributed by atoms with Crippen molar-refractivity contribution in [3.63, 3.8) is 0 Å². The minimum Gasteiger partial charge on any atom is -0.320 e. The van der Waals surface area contributed by atoms with Gasteiger partial charge in [0, 0.05) is 17.3 Å². The number of hydrogen-bond donors (Lipinski definition) is 0. The number of alkyl halides is 2. The maximum absolute atomic E-state index is 14.9. The first-order chi connectivity index (χ1) is 14.9. The number of rotatable bonds is 4. The molecule has 9 heteroatoms. The summed E-state index contributed by atoms with van der Waals surface area (Å²) in [7, 11) is 0. The van der Waals surface area contributed by atoms with Crippen LogP contribution in [0.3, 0.4) is 0 Å². The molecule has 0 saturated heterocycles. The first-order valence-corrected chi connectivity index (χ1v) is 9.76. The van der Waals surface area contributed by atoms with Crippen LogP contribution in [0.2, 0.25) is 0 Å². The Labute approximate surface area is 175 Å². The fourth-order valence-electron chi connectivity index (χ4n) is 3.39. The van der Waals surface area contributed by atoms with Gasteiger partial charge in [0.2, 0.25) is 0 Å². The van der Waals surface area contributed by atoms with E-state index in [1.165, 1.54) is 34.0 Å². The van der Waals surface area contributed by atoms with E-state index in [2.05, 4.69) is 38.9 Å². The topological polar surface area (TPSA) is 59.2 Å². The minimum absolute atomic E-state index is 0.0000571.